The first-order valence-electron chi connectivity index (χ1n) is 8.28. The number of likely N-dealkylation sites (tertiary alicyclic amines) is 1. The van der Waals surface area contributed by atoms with Crippen molar-refractivity contribution in [3.63, 3.8) is 0 Å². The number of sulfonamides is 1. The average molecular weight is 397 g/mol. The Balaban J connectivity index is 1.68. The molecular weight excluding hydrogens is 377 g/mol. The lowest BCUT2D eigenvalue weighted by Crippen LogP contribution is -2.43. The van der Waals surface area contributed by atoms with Crippen LogP contribution in [0.1, 0.15) is 22.5 Å². The zero-order valence-corrected chi connectivity index (χ0v) is 15.9. The summed E-state index contributed by atoms with van der Waals surface area (Å²) in [5.41, 5.74) is 0.380. The summed E-state index contributed by atoms with van der Waals surface area (Å²) < 4.78 is 38.9. The summed E-state index contributed by atoms with van der Waals surface area (Å²) in [4.78, 5) is 19.1. The van der Waals surface area contributed by atoms with Crippen LogP contribution in [0.4, 0.5) is 4.39 Å². The fraction of sp³-hybridized carbons (Fsp3) is 0.412. The van der Waals surface area contributed by atoms with Crippen LogP contribution in [0.3, 0.4) is 0 Å². The largest absolute Gasteiger partial charge is 0.338 e. The zero-order chi connectivity index (χ0) is 18.7. The van der Waals surface area contributed by atoms with Gasteiger partial charge in [-0.05, 0) is 30.9 Å². The number of carbonyl (C=O) groups is 1. The number of amides is 1. The van der Waals surface area contributed by atoms with Crippen molar-refractivity contribution in [2.75, 3.05) is 25.9 Å². The minimum absolute atomic E-state index is 0.0846. The Kier molecular flexibility index (Phi) is 5.69. The second-order valence-electron chi connectivity index (χ2n) is 6.39. The molecule has 6 nitrogen and oxygen atoms in total. The van der Waals surface area contributed by atoms with Crippen molar-refractivity contribution >= 4 is 27.3 Å². The molecule has 2 aromatic rings. The molecule has 1 N–H and O–H groups in total. The molecule has 26 heavy (non-hydrogen) atoms. The molecular formula is C17H20FN3O3S2. The van der Waals surface area contributed by atoms with Gasteiger partial charge in [0.25, 0.3) is 5.91 Å². The van der Waals surface area contributed by atoms with Crippen molar-refractivity contribution in [1.82, 2.24) is 14.6 Å². The van der Waals surface area contributed by atoms with Crippen molar-refractivity contribution in [2.45, 2.75) is 12.8 Å². The van der Waals surface area contributed by atoms with E-state index >= 15 is 0 Å². The summed E-state index contributed by atoms with van der Waals surface area (Å²) in [5, 5.41) is 0.471. The molecule has 0 radical (unpaired) electrons. The van der Waals surface area contributed by atoms with Gasteiger partial charge in [-0.15, -0.1) is 11.3 Å². The highest BCUT2D eigenvalue weighted by Gasteiger charge is 2.26. The van der Waals surface area contributed by atoms with Crippen LogP contribution < -0.4 is 4.72 Å². The van der Waals surface area contributed by atoms with Gasteiger partial charge in [0.2, 0.25) is 10.0 Å². The molecule has 0 saturated carbocycles. The summed E-state index contributed by atoms with van der Waals surface area (Å²) in [7, 11) is -3.24. The van der Waals surface area contributed by atoms with Crippen LogP contribution in [0.15, 0.2) is 30.5 Å². The number of benzene rings is 1. The van der Waals surface area contributed by atoms with Crippen LogP contribution in [0.25, 0.3) is 10.6 Å². The van der Waals surface area contributed by atoms with Gasteiger partial charge in [-0.3, -0.25) is 4.79 Å². The summed E-state index contributed by atoms with van der Waals surface area (Å²) in [6.07, 6.45) is 4.30. The first kappa shape index (κ1) is 18.9. The van der Waals surface area contributed by atoms with E-state index in [0.29, 0.717) is 35.1 Å². The van der Waals surface area contributed by atoms with E-state index in [-0.39, 0.29) is 17.6 Å². The van der Waals surface area contributed by atoms with E-state index in [0.717, 1.165) is 19.1 Å². The second kappa shape index (κ2) is 7.81. The maximum atomic E-state index is 13.9. The van der Waals surface area contributed by atoms with Gasteiger partial charge in [-0.1, -0.05) is 12.1 Å². The lowest BCUT2D eigenvalue weighted by atomic mass is 9.98. The number of aromatic nitrogens is 1. The molecule has 1 aromatic heterocycles. The Labute approximate surface area is 156 Å². The normalized spacial score (nSPS) is 18.1. The number of piperidine rings is 1. The topological polar surface area (TPSA) is 79.4 Å². The Morgan fingerprint density at radius 3 is 2.92 bits per heavy atom. The molecule has 1 aromatic carbocycles. The van der Waals surface area contributed by atoms with Gasteiger partial charge in [-0.25, -0.2) is 22.5 Å². The van der Waals surface area contributed by atoms with Gasteiger partial charge in [0.1, 0.15) is 15.7 Å². The molecule has 0 spiro atoms. The Morgan fingerprint density at radius 1 is 1.42 bits per heavy atom. The van der Waals surface area contributed by atoms with Crippen molar-refractivity contribution in [3.8, 4) is 10.6 Å². The molecule has 140 valence electrons. The fourth-order valence-corrected chi connectivity index (χ4v) is 4.42. The van der Waals surface area contributed by atoms with Crippen molar-refractivity contribution < 1.29 is 17.6 Å². The maximum Gasteiger partial charge on any atom is 0.265 e. The van der Waals surface area contributed by atoms with Crippen LogP contribution in [-0.2, 0) is 10.0 Å². The Morgan fingerprint density at radius 2 is 2.19 bits per heavy atom. The standard InChI is InChI=1S/C17H20FN3O3S2/c1-26(23,24)20-9-12-5-4-8-21(11-12)17(22)15-10-19-16(25-15)13-6-2-3-7-14(13)18/h2-3,6-7,10,12,20H,4-5,8-9,11H2,1H3. The van der Waals surface area contributed by atoms with Crippen molar-refractivity contribution in [3.05, 3.63) is 41.2 Å². The number of carbonyl (C=O) groups excluding carboxylic acids is 1. The third-order valence-corrected chi connectivity index (χ3v) is 5.97. The van der Waals surface area contributed by atoms with E-state index in [2.05, 4.69) is 9.71 Å². The molecule has 9 heteroatoms. The molecule has 1 atom stereocenters. The highest BCUT2D eigenvalue weighted by atomic mass is 32.2. The number of hydrogen-bond donors (Lipinski definition) is 1. The van der Waals surface area contributed by atoms with Gasteiger partial charge in [0.15, 0.2) is 0 Å². The minimum atomic E-state index is -3.24. The molecule has 1 amide bonds. The average Bonchev–Trinajstić information content (AvgIpc) is 3.09. The summed E-state index contributed by atoms with van der Waals surface area (Å²) in [6.45, 7) is 1.45. The van der Waals surface area contributed by atoms with Crippen LogP contribution in [-0.4, -0.2) is 50.1 Å². The molecule has 1 saturated heterocycles. The number of rotatable bonds is 5. The first-order chi connectivity index (χ1) is 12.3. The van der Waals surface area contributed by atoms with E-state index in [1.165, 1.54) is 23.6 Å². The predicted octanol–water partition coefficient (Wildman–Crippen LogP) is 2.35. The van der Waals surface area contributed by atoms with Gasteiger partial charge < -0.3 is 4.90 Å². The van der Waals surface area contributed by atoms with Gasteiger partial charge >= 0.3 is 0 Å². The molecule has 3 rings (SSSR count). The van der Waals surface area contributed by atoms with Crippen LogP contribution in [0, 0.1) is 11.7 Å². The van der Waals surface area contributed by atoms with Crippen LogP contribution >= 0.6 is 11.3 Å². The monoisotopic (exact) mass is 397 g/mol. The summed E-state index contributed by atoms with van der Waals surface area (Å²) >= 11 is 1.17. The smallest absolute Gasteiger partial charge is 0.265 e. The third-order valence-electron chi connectivity index (χ3n) is 4.26. The molecule has 2 heterocycles. The quantitative estimate of drug-likeness (QED) is 0.840. The van der Waals surface area contributed by atoms with Gasteiger partial charge in [0.05, 0.1) is 12.5 Å². The number of hydrogen-bond acceptors (Lipinski definition) is 5. The fourth-order valence-electron chi connectivity index (χ4n) is 2.97. The van der Waals surface area contributed by atoms with Crippen molar-refractivity contribution in [2.24, 2.45) is 5.92 Å². The highest BCUT2D eigenvalue weighted by Crippen LogP contribution is 2.29. The highest BCUT2D eigenvalue weighted by molar-refractivity contribution is 7.88. The van der Waals surface area contributed by atoms with Gasteiger partial charge in [-0.2, -0.15) is 0 Å². The first-order valence-corrected chi connectivity index (χ1v) is 11.0. The SMILES string of the molecule is CS(=O)(=O)NCC1CCCN(C(=O)c2cnc(-c3ccccc3F)s2)C1. The minimum Gasteiger partial charge on any atom is -0.338 e. The number of thiazole rings is 1. The van der Waals surface area contributed by atoms with Crippen LogP contribution in [0.5, 0.6) is 0 Å². The van der Waals surface area contributed by atoms with E-state index in [1.54, 1.807) is 23.1 Å². The third kappa shape index (κ3) is 4.66. The Bertz CT molecular complexity index is 898. The molecule has 1 unspecified atom stereocenters. The predicted molar refractivity (Wildman–Crippen MR) is 99.0 cm³/mol. The molecule has 1 fully saturated rings. The Hall–Kier alpha value is -1.84. The summed E-state index contributed by atoms with van der Waals surface area (Å²) in [5.74, 6) is -0.429. The van der Waals surface area contributed by atoms with E-state index in [4.69, 9.17) is 0 Å². The van der Waals surface area contributed by atoms with Crippen molar-refractivity contribution in [1.29, 1.82) is 0 Å². The maximum absolute atomic E-state index is 13.9. The number of halogens is 1. The van der Waals surface area contributed by atoms with Gasteiger partial charge in [0, 0.05) is 25.2 Å². The zero-order valence-electron chi connectivity index (χ0n) is 14.3. The molecule has 0 bridgehead atoms. The second-order valence-corrected chi connectivity index (χ2v) is 9.25. The van der Waals surface area contributed by atoms with E-state index < -0.39 is 10.0 Å². The number of nitrogens with zero attached hydrogens (tertiary/aromatic N) is 2. The van der Waals surface area contributed by atoms with Crippen LogP contribution in [0.2, 0.25) is 0 Å². The molecule has 1 aliphatic rings. The van der Waals surface area contributed by atoms with E-state index in [9.17, 15) is 17.6 Å². The number of nitrogens with one attached hydrogen (secondary N) is 1. The van der Waals surface area contributed by atoms with E-state index in [1.807, 2.05) is 0 Å². The molecule has 1 aliphatic heterocycles. The molecule has 0 aliphatic carbocycles. The lowest BCUT2D eigenvalue weighted by Gasteiger charge is -2.32. The lowest BCUT2D eigenvalue weighted by molar-refractivity contribution is 0.0681. The summed E-state index contributed by atoms with van der Waals surface area (Å²) in [6, 6.07) is 6.33.